The van der Waals surface area contributed by atoms with Crippen LogP contribution in [-0.4, -0.2) is 30.8 Å². The van der Waals surface area contributed by atoms with Crippen molar-refractivity contribution >= 4 is 17.4 Å². The third-order valence-electron chi connectivity index (χ3n) is 3.51. The number of halogens is 3. The van der Waals surface area contributed by atoms with Crippen molar-refractivity contribution in [3.8, 4) is 11.4 Å². The number of aromatic nitrogens is 4. The maximum Gasteiger partial charge on any atom is 0.406 e. The average Bonchev–Trinajstić information content (AvgIpc) is 3.02. The highest BCUT2D eigenvalue weighted by Gasteiger charge is 2.31. The number of thioether (sulfide) groups is 1. The lowest BCUT2D eigenvalue weighted by Gasteiger charge is -2.12. The zero-order valence-electron chi connectivity index (χ0n) is 13.6. The molecule has 0 aliphatic rings. The Hall–Kier alpha value is -2.95. The standard InChI is InChI=1S/C16H12F3N5O2S/c17-16(18,19)10-23-14(12-5-7-20-8-6-12)21-22-15(23)27-9-11-1-3-13(4-2-11)24(25)26/h1-8H,9-10H2. The molecule has 27 heavy (non-hydrogen) atoms. The van der Waals surface area contributed by atoms with Gasteiger partial charge in [-0.15, -0.1) is 10.2 Å². The maximum absolute atomic E-state index is 13.0. The predicted molar refractivity (Wildman–Crippen MR) is 92.0 cm³/mol. The average molecular weight is 395 g/mol. The van der Waals surface area contributed by atoms with Crippen LogP contribution in [-0.2, 0) is 12.3 Å². The number of rotatable bonds is 6. The maximum atomic E-state index is 13.0. The van der Waals surface area contributed by atoms with E-state index in [1.54, 1.807) is 24.3 Å². The number of alkyl halides is 3. The third kappa shape index (κ3) is 4.82. The molecule has 1 aromatic carbocycles. The van der Waals surface area contributed by atoms with Gasteiger partial charge in [-0.1, -0.05) is 23.9 Å². The Morgan fingerprint density at radius 2 is 1.74 bits per heavy atom. The van der Waals surface area contributed by atoms with Gasteiger partial charge < -0.3 is 0 Å². The minimum Gasteiger partial charge on any atom is -0.293 e. The van der Waals surface area contributed by atoms with E-state index in [9.17, 15) is 23.3 Å². The van der Waals surface area contributed by atoms with Gasteiger partial charge in [-0.3, -0.25) is 19.7 Å². The van der Waals surface area contributed by atoms with E-state index in [0.29, 0.717) is 11.3 Å². The Balaban J connectivity index is 1.84. The minimum atomic E-state index is -4.44. The van der Waals surface area contributed by atoms with Crippen LogP contribution >= 0.6 is 11.8 Å². The topological polar surface area (TPSA) is 86.7 Å². The number of nitro benzene ring substituents is 1. The fraction of sp³-hybridized carbons (Fsp3) is 0.188. The molecule has 3 aromatic rings. The largest absolute Gasteiger partial charge is 0.406 e. The predicted octanol–water partition coefficient (Wildman–Crippen LogP) is 4.10. The number of pyridine rings is 1. The van der Waals surface area contributed by atoms with Crippen LogP contribution < -0.4 is 0 Å². The van der Waals surface area contributed by atoms with E-state index in [2.05, 4.69) is 15.2 Å². The summed E-state index contributed by atoms with van der Waals surface area (Å²) >= 11 is 1.07. The van der Waals surface area contributed by atoms with Crippen molar-refractivity contribution < 1.29 is 18.1 Å². The SMILES string of the molecule is O=[N+]([O-])c1ccc(CSc2nnc(-c3ccncc3)n2CC(F)(F)F)cc1. The second-order valence-corrected chi connectivity index (χ2v) is 6.40. The fourth-order valence-corrected chi connectivity index (χ4v) is 3.19. The number of hydrogen-bond donors (Lipinski definition) is 0. The molecule has 0 unspecified atom stereocenters. The molecule has 0 saturated carbocycles. The van der Waals surface area contributed by atoms with Crippen LogP contribution in [0.1, 0.15) is 5.56 Å². The number of hydrogen-bond acceptors (Lipinski definition) is 6. The van der Waals surface area contributed by atoms with Gasteiger partial charge in [-0.2, -0.15) is 13.2 Å². The lowest BCUT2D eigenvalue weighted by molar-refractivity contribution is -0.384. The first-order valence-corrected chi connectivity index (χ1v) is 8.58. The summed E-state index contributed by atoms with van der Waals surface area (Å²) in [6.07, 6.45) is -1.51. The first-order valence-electron chi connectivity index (χ1n) is 7.60. The molecule has 0 aliphatic carbocycles. The molecule has 0 fully saturated rings. The second kappa shape index (κ2) is 7.74. The van der Waals surface area contributed by atoms with Crippen LogP contribution in [0.3, 0.4) is 0 Å². The highest BCUT2D eigenvalue weighted by Crippen LogP contribution is 2.30. The van der Waals surface area contributed by atoms with Crippen molar-refractivity contribution in [1.29, 1.82) is 0 Å². The van der Waals surface area contributed by atoms with Gasteiger partial charge in [0.15, 0.2) is 11.0 Å². The molecule has 0 saturated heterocycles. The van der Waals surface area contributed by atoms with E-state index in [1.165, 1.54) is 24.5 Å². The molecule has 0 aliphatic heterocycles. The first-order chi connectivity index (χ1) is 12.8. The molecule has 0 amide bonds. The van der Waals surface area contributed by atoms with Crippen LogP contribution in [0.2, 0.25) is 0 Å². The second-order valence-electron chi connectivity index (χ2n) is 5.46. The van der Waals surface area contributed by atoms with Gasteiger partial charge in [-0.05, 0) is 17.7 Å². The molecule has 0 bridgehead atoms. The molecular formula is C16H12F3N5O2S. The fourth-order valence-electron chi connectivity index (χ4n) is 2.29. The van der Waals surface area contributed by atoms with Crippen LogP contribution in [0.15, 0.2) is 53.9 Å². The molecule has 0 atom stereocenters. The van der Waals surface area contributed by atoms with Crippen molar-refractivity contribution in [1.82, 2.24) is 19.7 Å². The summed E-state index contributed by atoms with van der Waals surface area (Å²) < 4.78 is 40.1. The van der Waals surface area contributed by atoms with Crippen molar-refractivity contribution in [2.45, 2.75) is 23.6 Å². The molecule has 140 valence electrons. The normalized spacial score (nSPS) is 11.5. The lowest BCUT2D eigenvalue weighted by Crippen LogP contribution is -2.19. The van der Waals surface area contributed by atoms with Crippen LogP contribution in [0.4, 0.5) is 18.9 Å². The molecule has 3 rings (SSSR count). The summed E-state index contributed by atoms with van der Waals surface area (Å²) in [5.74, 6) is 0.394. The van der Waals surface area contributed by atoms with E-state index in [4.69, 9.17) is 0 Å². The van der Waals surface area contributed by atoms with Crippen molar-refractivity contribution in [3.63, 3.8) is 0 Å². The molecule has 0 radical (unpaired) electrons. The summed E-state index contributed by atoms with van der Waals surface area (Å²) in [6, 6.07) is 8.92. The summed E-state index contributed by atoms with van der Waals surface area (Å²) in [5.41, 5.74) is 1.14. The van der Waals surface area contributed by atoms with Gasteiger partial charge in [0.2, 0.25) is 0 Å². The van der Waals surface area contributed by atoms with Crippen molar-refractivity contribution in [2.75, 3.05) is 0 Å². The van der Waals surface area contributed by atoms with Gasteiger partial charge in [0.05, 0.1) is 4.92 Å². The van der Waals surface area contributed by atoms with E-state index in [-0.39, 0.29) is 16.7 Å². The Morgan fingerprint density at radius 3 is 2.33 bits per heavy atom. The minimum absolute atomic E-state index is 0.0519. The molecular weight excluding hydrogens is 383 g/mol. The van der Waals surface area contributed by atoms with Gasteiger partial charge in [0.1, 0.15) is 6.54 Å². The molecule has 7 nitrogen and oxygen atoms in total. The highest BCUT2D eigenvalue weighted by atomic mass is 32.2. The Labute approximate surface area is 155 Å². The zero-order valence-corrected chi connectivity index (χ0v) is 14.4. The van der Waals surface area contributed by atoms with Gasteiger partial charge in [0, 0.05) is 35.8 Å². The Morgan fingerprint density at radius 1 is 1.07 bits per heavy atom. The van der Waals surface area contributed by atoms with Gasteiger partial charge in [0.25, 0.3) is 5.69 Å². The number of non-ortho nitro benzene ring substituents is 1. The quantitative estimate of drug-likeness (QED) is 0.355. The highest BCUT2D eigenvalue weighted by molar-refractivity contribution is 7.98. The summed E-state index contributed by atoms with van der Waals surface area (Å²) in [4.78, 5) is 14.0. The number of nitrogens with zero attached hydrogens (tertiary/aromatic N) is 5. The van der Waals surface area contributed by atoms with E-state index in [1.807, 2.05) is 0 Å². The van der Waals surface area contributed by atoms with Gasteiger partial charge in [-0.25, -0.2) is 0 Å². The molecule has 2 aromatic heterocycles. The number of benzene rings is 1. The lowest BCUT2D eigenvalue weighted by atomic mass is 10.2. The zero-order chi connectivity index (χ0) is 19.4. The smallest absolute Gasteiger partial charge is 0.293 e. The first kappa shape index (κ1) is 18.8. The Kier molecular flexibility index (Phi) is 5.40. The van der Waals surface area contributed by atoms with Crippen molar-refractivity contribution in [2.24, 2.45) is 0 Å². The van der Waals surface area contributed by atoms with Crippen molar-refractivity contribution in [3.05, 3.63) is 64.5 Å². The number of nitro groups is 1. The third-order valence-corrected chi connectivity index (χ3v) is 4.55. The molecule has 0 spiro atoms. The molecule has 0 N–H and O–H groups in total. The van der Waals surface area contributed by atoms with E-state index >= 15 is 0 Å². The van der Waals surface area contributed by atoms with Crippen LogP contribution in [0, 0.1) is 10.1 Å². The van der Waals surface area contributed by atoms with Gasteiger partial charge >= 0.3 is 6.18 Å². The van der Waals surface area contributed by atoms with E-state index < -0.39 is 17.6 Å². The summed E-state index contributed by atoms with van der Waals surface area (Å²) in [5, 5.41) is 18.6. The monoisotopic (exact) mass is 395 g/mol. The van der Waals surface area contributed by atoms with Crippen LogP contribution in [0.5, 0.6) is 0 Å². The summed E-state index contributed by atoms with van der Waals surface area (Å²) in [6.45, 7) is -1.22. The van der Waals surface area contributed by atoms with Crippen LogP contribution in [0.25, 0.3) is 11.4 Å². The molecule has 2 heterocycles. The van der Waals surface area contributed by atoms with E-state index in [0.717, 1.165) is 21.9 Å². The Bertz CT molecular complexity index is 929. The summed E-state index contributed by atoms with van der Waals surface area (Å²) in [7, 11) is 0. The molecule has 11 heteroatoms.